The topological polar surface area (TPSA) is 23.6 Å². The van der Waals surface area contributed by atoms with Crippen LogP contribution >= 0.6 is 0 Å². The molecule has 3 nitrogen and oxygen atoms in total. The fourth-order valence-corrected chi connectivity index (χ4v) is 1.98. The highest BCUT2D eigenvalue weighted by atomic mass is 16.2. The molecule has 0 aliphatic carbocycles. The van der Waals surface area contributed by atoms with Crippen LogP contribution in [-0.4, -0.2) is 49.9 Å². The lowest BCUT2D eigenvalue weighted by Gasteiger charge is -2.25. The van der Waals surface area contributed by atoms with E-state index in [2.05, 4.69) is 25.7 Å². The van der Waals surface area contributed by atoms with Gasteiger partial charge in [-0.2, -0.15) is 0 Å². The third-order valence-electron chi connectivity index (χ3n) is 3.19. The molecule has 0 aromatic heterocycles. The number of hydrogen-bond acceptors (Lipinski definition) is 2. The first-order valence-corrected chi connectivity index (χ1v) is 6.73. The molecule has 0 bridgehead atoms. The van der Waals surface area contributed by atoms with Crippen LogP contribution < -0.4 is 0 Å². The van der Waals surface area contributed by atoms with Gasteiger partial charge in [-0.05, 0) is 31.1 Å². The average Bonchev–Trinajstić information content (AvgIpc) is 2.34. The molecule has 0 fully saturated rings. The maximum Gasteiger partial charge on any atom is 0.253 e. The molecular weight excluding hydrogens is 236 g/mol. The first-order valence-electron chi connectivity index (χ1n) is 6.73. The summed E-state index contributed by atoms with van der Waals surface area (Å²) in [6.45, 7) is 8.03. The molecule has 1 amide bonds. The van der Waals surface area contributed by atoms with E-state index in [9.17, 15) is 4.79 Å². The second-order valence-corrected chi connectivity index (χ2v) is 6.33. The highest BCUT2D eigenvalue weighted by molar-refractivity contribution is 5.95. The van der Waals surface area contributed by atoms with Gasteiger partial charge in [0, 0.05) is 25.7 Å². The Morgan fingerprint density at radius 2 is 1.63 bits per heavy atom. The van der Waals surface area contributed by atoms with Crippen molar-refractivity contribution in [2.24, 2.45) is 0 Å². The molecular formula is C16H26N2O. The van der Waals surface area contributed by atoms with Gasteiger partial charge < -0.3 is 9.80 Å². The molecule has 0 atom stereocenters. The van der Waals surface area contributed by atoms with E-state index in [1.807, 2.05) is 45.4 Å². The largest absolute Gasteiger partial charge is 0.340 e. The molecule has 0 unspecified atom stereocenters. The van der Waals surface area contributed by atoms with Crippen LogP contribution in [0.3, 0.4) is 0 Å². The summed E-state index contributed by atoms with van der Waals surface area (Å²) in [7, 11) is 5.90. The third-order valence-corrected chi connectivity index (χ3v) is 3.19. The highest BCUT2D eigenvalue weighted by Crippen LogP contribution is 2.26. The van der Waals surface area contributed by atoms with E-state index in [0.29, 0.717) is 0 Å². The average molecular weight is 262 g/mol. The number of hydrogen-bond donors (Lipinski definition) is 0. The molecule has 0 radical (unpaired) electrons. The maximum absolute atomic E-state index is 12.5. The second kappa shape index (κ2) is 6.20. The summed E-state index contributed by atoms with van der Waals surface area (Å²) in [6, 6.07) is 7.90. The lowest BCUT2D eigenvalue weighted by Crippen LogP contribution is -2.34. The number of carbonyl (C=O) groups excluding carboxylic acids is 1. The molecule has 1 aromatic rings. The number of likely N-dealkylation sites (N-methyl/N-ethyl adjacent to an activating group) is 2. The van der Waals surface area contributed by atoms with Crippen molar-refractivity contribution in [3.63, 3.8) is 0 Å². The minimum Gasteiger partial charge on any atom is -0.340 e. The highest BCUT2D eigenvalue weighted by Gasteiger charge is 2.22. The summed E-state index contributed by atoms with van der Waals surface area (Å²) in [5.41, 5.74) is 1.90. The normalized spacial score (nSPS) is 11.7. The molecule has 0 saturated heterocycles. The van der Waals surface area contributed by atoms with Gasteiger partial charge in [0.2, 0.25) is 0 Å². The third kappa shape index (κ3) is 4.35. The summed E-state index contributed by atoms with van der Waals surface area (Å²) in [5.74, 6) is 0.104. The lowest BCUT2D eigenvalue weighted by atomic mass is 9.83. The number of benzene rings is 1. The van der Waals surface area contributed by atoms with Crippen molar-refractivity contribution in [2.75, 3.05) is 34.2 Å². The molecule has 0 aliphatic rings. The molecule has 0 N–H and O–H groups in total. The Hall–Kier alpha value is -1.35. The Labute approximate surface area is 117 Å². The van der Waals surface area contributed by atoms with Crippen LogP contribution in [0, 0.1) is 0 Å². The molecule has 0 heterocycles. The van der Waals surface area contributed by atoms with Crippen LogP contribution in [0.15, 0.2) is 24.3 Å². The Kier molecular flexibility index (Phi) is 5.12. The predicted octanol–water partition coefficient (Wildman–Crippen LogP) is 2.62. The van der Waals surface area contributed by atoms with Crippen molar-refractivity contribution >= 4 is 5.91 Å². The second-order valence-electron chi connectivity index (χ2n) is 6.33. The molecule has 0 saturated carbocycles. The molecule has 0 spiro atoms. The summed E-state index contributed by atoms with van der Waals surface area (Å²) >= 11 is 0. The fourth-order valence-electron chi connectivity index (χ4n) is 1.98. The summed E-state index contributed by atoms with van der Waals surface area (Å²) in [4.78, 5) is 16.4. The van der Waals surface area contributed by atoms with Gasteiger partial charge in [0.05, 0.1) is 0 Å². The first kappa shape index (κ1) is 15.7. The summed E-state index contributed by atoms with van der Waals surface area (Å²) < 4.78 is 0. The quantitative estimate of drug-likeness (QED) is 0.833. The Morgan fingerprint density at radius 3 is 2.16 bits per heavy atom. The standard InChI is InChI=1S/C16H26N2O/c1-16(2,3)14-10-8-7-9-13(14)15(19)18(6)12-11-17(4)5/h7-10H,11-12H2,1-6H3. The SMILES string of the molecule is CN(C)CCN(C)C(=O)c1ccccc1C(C)(C)C. The van der Waals surface area contributed by atoms with Crippen LogP contribution in [-0.2, 0) is 5.41 Å². The van der Waals surface area contributed by atoms with E-state index < -0.39 is 0 Å². The van der Waals surface area contributed by atoms with Gasteiger partial charge in [-0.15, -0.1) is 0 Å². The van der Waals surface area contributed by atoms with Gasteiger partial charge in [0.15, 0.2) is 0 Å². The van der Waals surface area contributed by atoms with Gasteiger partial charge in [-0.25, -0.2) is 0 Å². The van der Waals surface area contributed by atoms with Crippen molar-refractivity contribution in [1.82, 2.24) is 9.80 Å². The molecule has 106 valence electrons. The van der Waals surface area contributed by atoms with Crippen LogP contribution in [0.25, 0.3) is 0 Å². The Balaban J connectivity index is 2.94. The number of amides is 1. The molecule has 3 heteroatoms. The van der Waals surface area contributed by atoms with E-state index in [1.54, 1.807) is 4.90 Å². The number of carbonyl (C=O) groups is 1. The Bertz CT molecular complexity index is 433. The minimum atomic E-state index is -0.0192. The van der Waals surface area contributed by atoms with Crippen molar-refractivity contribution < 1.29 is 4.79 Å². The Morgan fingerprint density at radius 1 is 1.05 bits per heavy atom. The molecule has 0 aliphatic heterocycles. The maximum atomic E-state index is 12.5. The summed E-state index contributed by atoms with van der Waals surface area (Å²) in [6.07, 6.45) is 0. The minimum absolute atomic E-state index is 0.0192. The zero-order valence-electron chi connectivity index (χ0n) is 13.0. The van der Waals surface area contributed by atoms with E-state index in [-0.39, 0.29) is 11.3 Å². The van der Waals surface area contributed by atoms with Crippen LogP contribution in [0.2, 0.25) is 0 Å². The van der Waals surface area contributed by atoms with Crippen LogP contribution in [0.4, 0.5) is 0 Å². The fraction of sp³-hybridized carbons (Fsp3) is 0.562. The van der Waals surface area contributed by atoms with Gasteiger partial charge in [-0.1, -0.05) is 39.0 Å². The molecule has 1 rings (SSSR count). The monoisotopic (exact) mass is 262 g/mol. The van der Waals surface area contributed by atoms with Crippen molar-refractivity contribution in [3.8, 4) is 0 Å². The molecule has 1 aromatic carbocycles. The van der Waals surface area contributed by atoms with Crippen molar-refractivity contribution in [3.05, 3.63) is 35.4 Å². The van der Waals surface area contributed by atoms with Crippen molar-refractivity contribution in [1.29, 1.82) is 0 Å². The first-order chi connectivity index (χ1) is 8.73. The predicted molar refractivity (Wildman–Crippen MR) is 80.7 cm³/mol. The number of rotatable bonds is 4. The van der Waals surface area contributed by atoms with Gasteiger partial charge >= 0.3 is 0 Å². The summed E-state index contributed by atoms with van der Waals surface area (Å²) in [5, 5.41) is 0. The van der Waals surface area contributed by atoms with E-state index in [1.165, 1.54) is 0 Å². The van der Waals surface area contributed by atoms with Crippen LogP contribution in [0.1, 0.15) is 36.7 Å². The van der Waals surface area contributed by atoms with Gasteiger partial charge in [-0.3, -0.25) is 4.79 Å². The number of nitrogens with zero attached hydrogens (tertiary/aromatic N) is 2. The zero-order chi connectivity index (χ0) is 14.6. The van der Waals surface area contributed by atoms with Gasteiger partial charge in [0.1, 0.15) is 0 Å². The smallest absolute Gasteiger partial charge is 0.253 e. The zero-order valence-corrected chi connectivity index (χ0v) is 13.0. The molecule has 19 heavy (non-hydrogen) atoms. The van der Waals surface area contributed by atoms with E-state index in [0.717, 1.165) is 24.2 Å². The lowest BCUT2D eigenvalue weighted by molar-refractivity contribution is 0.0784. The van der Waals surface area contributed by atoms with E-state index in [4.69, 9.17) is 0 Å². The van der Waals surface area contributed by atoms with Crippen molar-refractivity contribution in [2.45, 2.75) is 26.2 Å². The van der Waals surface area contributed by atoms with Crippen LogP contribution in [0.5, 0.6) is 0 Å². The van der Waals surface area contributed by atoms with E-state index >= 15 is 0 Å². The van der Waals surface area contributed by atoms with Gasteiger partial charge in [0.25, 0.3) is 5.91 Å².